The van der Waals surface area contributed by atoms with Crippen molar-refractivity contribution in [2.75, 3.05) is 13.7 Å². The second-order valence-corrected chi connectivity index (χ2v) is 6.81. The fraction of sp³-hybridized carbons (Fsp3) is 0.261. The number of hydrogen-bond acceptors (Lipinski definition) is 3. The largest absolute Gasteiger partial charge is 0.383 e. The first-order valence-corrected chi connectivity index (χ1v) is 9.29. The highest BCUT2D eigenvalue weighted by atomic mass is 16.5. The summed E-state index contributed by atoms with van der Waals surface area (Å²) in [5.74, 6) is 0.0182. The molecule has 0 fully saturated rings. The van der Waals surface area contributed by atoms with Crippen LogP contribution in [-0.4, -0.2) is 29.9 Å². The van der Waals surface area contributed by atoms with Gasteiger partial charge in [-0.25, -0.2) is 0 Å². The zero-order chi connectivity index (χ0) is 20.1. The summed E-state index contributed by atoms with van der Waals surface area (Å²) in [4.78, 5) is 25.3. The number of carbonyl (C=O) groups is 2. The molecule has 144 valence electrons. The average molecular weight is 377 g/mol. The fourth-order valence-corrected chi connectivity index (χ4v) is 3.33. The first-order valence-electron chi connectivity index (χ1n) is 9.29. The van der Waals surface area contributed by atoms with Gasteiger partial charge >= 0.3 is 0 Å². The second kappa shape index (κ2) is 8.76. The number of carbonyl (C=O) groups excluding carboxylic acids is 2. The Morgan fingerprint density at radius 1 is 1.00 bits per heavy atom. The van der Waals surface area contributed by atoms with Gasteiger partial charge in [0.25, 0.3) is 0 Å². The van der Waals surface area contributed by atoms with Crippen LogP contribution >= 0.6 is 0 Å². The number of aromatic nitrogens is 2. The van der Waals surface area contributed by atoms with Gasteiger partial charge in [0.15, 0.2) is 18.2 Å². The molecule has 0 saturated carbocycles. The van der Waals surface area contributed by atoms with Crippen molar-refractivity contribution < 1.29 is 18.9 Å². The zero-order valence-electron chi connectivity index (χ0n) is 16.5. The quantitative estimate of drug-likeness (QED) is 0.448. The summed E-state index contributed by atoms with van der Waals surface area (Å²) in [5.41, 5.74) is 3.99. The first kappa shape index (κ1) is 19.7. The lowest BCUT2D eigenvalue weighted by molar-refractivity contribution is -0.683. The Balaban J connectivity index is 1.72. The van der Waals surface area contributed by atoms with Crippen molar-refractivity contribution in [2.45, 2.75) is 26.9 Å². The predicted molar refractivity (Wildman–Crippen MR) is 107 cm³/mol. The molecule has 0 amide bonds. The van der Waals surface area contributed by atoms with E-state index in [1.807, 2.05) is 38.1 Å². The van der Waals surface area contributed by atoms with Crippen molar-refractivity contribution in [3.63, 3.8) is 0 Å². The number of rotatable bonds is 8. The van der Waals surface area contributed by atoms with Gasteiger partial charge in [-0.2, -0.15) is 4.57 Å². The molecule has 0 saturated heterocycles. The highest BCUT2D eigenvalue weighted by molar-refractivity contribution is 6.08. The van der Waals surface area contributed by atoms with Crippen LogP contribution in [-0.2, 0) is 17.8 Å². The lowest BCUT2D eigenvalue weighted by Crippen LogP contribution is -2.37. The van der Waals surface area contributed by atoms with Crippen molar-refractivity contribution in [1.29, 1.82) is 0 Å². The van der Waals surface area contributed by atoms with Crippen LogP contribution in [0, 0.1) is 13.8 Å². The van der Waals surface area contributed by atoms with Crippen molar-refractivity contribution in [3.8, 4) is 0 Å². The molecule has 3 rings (SSSR count). The van der Waals surface area contributed by atoms with Gasteiger partial charge in [0, 0.05) is 53.9 Å². The lowest BCUT2D eigenvalue weighted by atomic mass is 10.0. The van der Waals surface area contributed by atoms with E-state index in [2.05, 4.69) is 4.57 Å². The van der Waals surface area contributed by atoms with Gasteiger partial charge in [-0.15, -0.1) is 0 Å². The lowest BCUT2D eigenvalue weighted by Gasteiger charge is -2.08. The summed E-state index contributed by atoms with van der Waals surface area (Å²) in [7, 11) is 1.67. The molecule has 5 heteroatoms. The monoisotopic (exact) mass is 377 g/mol. The van der Waals surface area contributed by atoms with Gasteiger partial charge in [0.2, 0.25) is 12.3 Å². The van der Waals surface area contributed by atoms with E-state index < -0.39 is 0 Å². The molecule has 1 aromatic carbocycles. The third-order valence-electron chi connectivity index (χ3n) is 4.91. The number of nitrogens with zero attached hydrogens (tertiary/aromatic N) is 2. The molecule has 0 bridgehead atoms. The topological polar surface area (TPSA) is 52.2 Å². The molecular weight excluding hydrogens is 352 g/mol. The number of methoxy groups -OCH3 is 1. The summed E-state index contributed by atoms with van der Waals surface area (Å²) < 4.78 is 9.04. The van der Waals surface area contributed by atoms with E-state index in [0.29, 0.717) is 17.7 Å². The molecule has 2 heterocycles. The van der Waals surface area contributed by atoms with Crippen LogP contribution in [0.5, 0.6) is 0 Å². The van der Waals surface area contributed by atoms with Crippen LogP contribution in [0.25, 0.3) is 0 Å². The molecular formula is C23H25N2O3+. The molecule has 0 aliphatic carbocycles. The third-order valence-corrected chi connectivity index (χ3v) is 4.91. The number of pyridine rings is 1. The molecule has 2 aromatic heterocycles. The maximum atomic E-state index is 12.8. The van der Waals surface area contributed by atoms with Crippen LogP contribution in [0.3, 0.4) is 0 Å². The molecule has 0 unspecified atom stereocenters. The normalized spacial score (nSPS) is 10.8. The molecule has 0 atom stereocenters. The van der Waals surface area contributed by atoms with Crippen LogP contribution in [0.1, 0.15) is 37.7 Å². The van der Waals surface area contributed by atoms with E-state index >= 15 is 0 Å². The van der Waals surface area contributed by atoms with Crippen LogP contribution in [0.2, 0.25) is 0 Å². The van der Waals surface area contributed by atoms with Gasteiger partial charge in [0.05, 0.1) is 6.61 Å². The highest BCUT2D eigenvalue weighted by Gasteiger charge is 2.19. The molecule has 28 heavy (non-hydrogen) atoms. The average Bonchev–Trinajstić information content (AvgIpc) is 3.01. The maximum absolute atomic E-state index is 12.8. The summed E-state index contributed by atoms with van der Waals surface area (Å²) >= 11 is 0. The number of Topliss-reactive ketones (excluding diaryl/α,β-unsaturated/α-hetero) is 1. The molecule has 0 aliphatic heterocycles. The van der Waals surface area contributed by atoms with Gasteiger partial charge in [0.1, 0.15) is 0 Å². The van der Waals surface area contributed by atoms with Gasteiger partial charge in [-0.05, 0) is 19.9 Å². The number of hydrogen-bond donors (Lipinski definition) is 0. The predicted octanol–water partition coefficient (Wildman–Crippen LogP) is 3.15. The minimum absolute atomic E-state index is 0.0271. The van der Waals surface area contributed by atoms with Crippen molar-refractivity contribution >= 4 is 11.6 Å². The van der Waals surface area contributed by atoms with Gasteiger partial charge in [-0.3, -0.25) is 9.59 Å². The Bertz CT molecular complexity index is 973. The zero-order valence-corrected chi connectivity index (χ0v) is 16.5. The number of aryl methyl sites for hydroxylation is 1. The Morgan fingerprint density at radius 2 is 1.64 bits per heavy atom. The van der Waals surface area contributed by atoms with E-state index in [4.69, 9.17) is 4.74 Å². The smallest absolute Gasteiger partial charge is 0.229 e. The Hall–Kier alpha value is -3.05. The summed E-state index contributed by atoms with van der Waals surface area (Å²) in [6.45, 7) is 5.52. The minimum atomic E-state index is -0.0271. The van der Waals surface area contributed by atoms with Crippen molar-refractivity contribution in [3.05, 3.63) is 89.0 Å². The highest BCUT2D eigenvalue weighted by Crippen LogP contribution is 2.16. The van der Waals surface area contributed by atoms with Crippen LogP contribution in [0.15, 0.2) is 60.9 Å². The molecule has 0 N–H and O–H groups in total. The molecule has 0 aliphatic rings. The van der Waals surface area contributed by atoms with Crippen LogP contribution in [0.4, 0.5) is 0 Å². The minimum Gasteiger partial charge on any atom is -0.383 e. The Labute approximate surface area is 165 Å². The third kappa shape index (κ3) is 4.26. The molecule has 0 radical (unpaired) electrons. The fourth-order valence-electron chi connectivity index (χ4n) is 3.33. The van der Waals surface area contributed by atoms with Crippen LogP contribution < -0.4 is 4.57 Å². The van der Waals surface area contributed by atoms with Crippen molar-refractivity contribution in [1.82, 2.24) is 4.57 Å². The summed E-state index contributed by atoms with van der Waals surface area (Å²) in [5, 5.41) is 0. The number of benzene rings is 1. The van der Waals surface area contributed by atoms with E-state index in [9.17, 15) is 9.59 Å². The van der Waals surface area contributed by atoms with Crippen molar-refractivity contribution in [2.24, 2.45) is 0 Å². The molecule has 5 nitrogen and oxygen atoms in total. The van der Waals surface area contributed by atoms with E-state index in [1.54, 1.807) is 48.3 Å². The van der Waals surface area contributed by atoms with E-state index in [1.165, 1.54) is 0 Å². The first-order chi connectivity index (χ1) is 13.5. The molecule has 0 spiro atoms. The second-order valence-electron chi connectivity index (χ2n) is 6.81. The van der Waals surface area contributed by atoms with Gasteiger partial charge in [-0.1, -0.05) is 30.3 Å². The van der Waals surface area contributed by atoms with E-state index in [-0.39, 0.29) is 18.1 Å². The maximum Gasteiger partial charge on any atom is 0.229 e. The summed E-state index contributed by atoms with van der Waals surface area (Å²) in [6, 6.07) is 14.6. The van der Waals surface area contributed by atoms with Gasteiger partial charge < -0.3 is 9.30 Å². The summed E-state index contributed by atoms with van der Waals surface area (Å²) in [6.07, 6.45) is 3.55. The Kier molecular flexibility index (Phi) is 6.16. The standard InChI is InChI=1S/C23H25N2O3/c1-17-15-21(18(2)25(17)13-14-28-3)22(26)16-24-11-9-20(10-12-24)23(27)19-7-5-4-6-8-19/h4-12,15H,13-14,16H2,1-3H3/q+1. The SMILES string of the molecule is COCCn1c(C)cc(C(=O)C[n+]2ccc(C(=O)c3ccccc3)cc2)c1C. The number of ketones is 2. The Morgan fingerprint density at radius 3 is 2.29 bits per heavy atom. The van der Waals surface area contributed by atoms with E-state index in [0.717, 1.165) is 23.5 Å². The molecule has 3 aromatic rings. The number of ether oxygens (including phenoxy) is 1.